The molecule has 0 rings (SSSR count). The molecular formula is C9H17NO6. The molecular weight excluding hydrogens is 218 g/mol. The van der Waals surface area contributed by atoms with Crippen LogP contribution in [0.2, 0.25) is 0 Å². The molecule has 7 nitrogen and oxygen atoms in total. The minimum atomic E-state index is -1.47. The van der Waals surface area contributed by atoms with Gasteiger partial charge in [0, 0.05) is 14.0 Å². The average molecular weight is 235 g/mol. The van der Waals surface area contributed by atoms with Crippen LogP contribution in [-0.2, 0) is 14.3 Å². The first-order valence-electron chi connectivity index (χ1n) is 4.70. The smallest absolute Gasteiger partial charge is 0.217 e. The molecule has 0 aliphatic carbocycles. The number of aliphatic hydroxyl groups is 3. The number of aliphatic hydroxyl groups excluding tert-OH is 3. The standard InChI is InChI=1S/C9H17NO6/c1-5(13)10-6(3-11)9(16-2)8(15)7(14)4-12/h3,6-9,12,14-15H,4H2,1-2H3,(H,10,13)/t6-,7+,8-,9+/m0/s1. The molecule has 0 bridgehead atoms. The van der Waals surface area contributed by atoms with Crippen LogP contribution in [0.15, 0.2) is 0 Å². The second-order valence-corrected chi connectivity index (χ2v) is 3.30. The van der Waals surface area contributed by atoms with E-state index in [4.69, 9.17) is 9.84 Å². The molecule has 0 unspecified atom stereocenters. The molecule has 4 N–H and O–H groups in total. The molecule has 94 valence electrons. The third-order valence-corrected chi connectivity index (χ3v) is 2.06. The first-order valence-corrected chi connectivity index (χ1v) is 4.70. The van der Waals surface area contributed by atoms with E-state index in [0.29, 0.717) is 6.29 Å². The van der Waals surface area contributed by atoms with E-state index in [9.17, 15) is 19.8 Å². The number of hydrogen-bond acceptors (Lipinski definition) is 6. The summed E-state index contributed by atoms with van der Waals surface area (Å²) in [7, 11) is 1.22. The Morgan fingerprint density at radius 2 is 2.06 bits per heavy atom. The molecule has 0 fully saturated rings. The second-order valence-electron chi connectivity index (χ2n) is 3.30. The van der Waals surface area contributed by atoms with Gasteiger partial charge in [0.05, 0.1) is 6.61 Å². The molecule has 16 heavy (non-hydrogen) atoms. The van der Waals surface area contributed by atoms with E-state index in [0.717, 1.165) is 0 Å². The molecule has 0 heterocycles. The van der Waals surface area contributed by atoms with Crippen molar-refractivity contribution < 1.29 is 29.6 Å². The molecule has 0 saturated carbocycles. The summed E-state index contributed by atoms with van der Waals surface area (Å²) in [5.74, 6) is -0.468. The van der Waals surface area contributed by atoms with Crippen LogP contribution in [0.3, 0.4) is 0 Å². The van der Waals surface area contributed by atoms with E-state index < -0.39 is 36.9 Å². The van der Waals surface area contributed by atoms with E-state index in [-0.39, 0.29) is 0 Å². The van der Waals surface area contributed by atoms with Crippen LogP contribution in [0, 0.1) is 0 Å². The van der Waals surface area contributed by atoms with Gasteiger partial charge in [-0.3, -0.25) is 4.79 Å². The summed E-state index contributed by atoms with van der Waals surface area (Å²) in [6, 6.07) is -1.08. The van der Waals surface area contributed by atoms with E-state index in [2.05, 4.69) is 5.32 Å². The van der Waals surface area contributed by atoms with E-state index in [1.165, 1.54) is 14.0 Å². The van der Waals surface area contributed by atoms with Crippen molar-refractivity contribution in [3.05, 3.63) is 0 Å². The zero-order valence-corrected chi connectivity index (χ0v) is 9.16. The molecule has 7 heteroatoms. The summed E-state index contributed by atoms with van der Waals surface area (Å²) in [6.45, 7) is 0.532. The molecule has 0 aliphatic heterocycles. The fraction of sp³-hybridized carbons (Fsp3) is 0.778. The van der Waals surface area contributed by atoms with Crippen molar-refractivity contribution in [3.63, 3.8) is 0 Å². The second kappa shape index (κ2) is 7.29. The van der Waals surface area contributed by atoms with Gasteiger partial charge in [-0.15, -0.1) is 0 Å². The number of carbonyl (C=O) groups is 2. The lowest BCUT2D eigenvalue weighted by Gasteiger charge is -2.28. The van der Waals surface area contributed by atoms with Crippen LogP contribution in [-0.4, -0.2) is 65.6 Å². The third-order valence-electron chi connectivity index (χ3n) is 2.06. The Kier molecular flexibility index (Phi) is 6.82. The van der Waals surface area contributed by atoms with E-state index >= 15 is 0 Å². The van der Waals surface area contributed by atoms with Gasteiger partial charge in [-0.25, -0.2) is 0 Å². The Morgan fingerprint density at radius 1 is 1.50 bits per heavy atom. The van der Waals surface area contributed by atoms with E-state index in [1.807, 2.05) is 0 Å². The number of ether oxygens (including phenoxy) is 1. The Hall–Kier alpha value is -1.02. The van der Waals surface area contributed by atoms with Crippen molar-refractivity contribution in [3.8, 4) is 0 Å². The predicted octanol–water partition coefficient (Wildman–Crippen LogP) is -2.58. The molecule has 0 spiro atoms. The minimum absolute atomic E-state index is 0.392. The minimum Gasteiger partial charge on any atom is -0.394 e. The summed E-state index contributed by atoms with van der Waals surface area (Å²) < 4.78 is 4.82. The van der Waals surface area contributed by atoms with Crippen molar-refractivity contribution in [1.82, 2.24) is 5.32 Å². The monoisotopic (exact) mass is 235 g/mol. The number of carbonyl (C=O) groups excluding carboxylic acids is 2. The molecule has 0 aliphatic rings. The number of rotatable bonds is 7. The average Bonchev–Trinajstić information content (AvgIpc) is 2.26. The lowest BCUT2D eigenvalue weighted by molar-refractivity contribution is -0.132. The van der Waals surface area contributed by atoms with Gasteiger partial charge >= 0.3 is 0 Å². The van der Waals surface area contributed by atoms with Crippen LogP contribution in [0.5, 0.6) is 0 Å². The summed E-state index contributed by atoms with van der Waals surface area (Å²) in [6.07, 6.45) is -3.65. The van der Waals surface area contributed by atoms with Crippen LogP contribution < -0.4 is 5.32 Å². The Labute approximate surface area is 93.0 Å². The maximum Gasteiger partial charge on any atom is 0.217 e. The summed E-state index contributed by atoms with van der Waals surface area (Å²) in [4.78, 5) is 21.5. The lowest BCUT2D eigenvalue weighted by Crippen LogP contribution is -2.54. The van der Waals surface area contributed by atoms with E-state index in [1.54, 1.807) is 0 Å². The van der Waals surface area contributed by atoms with Gasteiger partial charge in [0.15, 0.2) is 0 Å². The van der Waals surface area contributed by atoms with Crippen molar-refractivity contribution >= 4 is 12.2 Å². The maximum absolute atomic E-state index is 10.8. The quantitative estimate of drug-likeness (QED) is 0.360. The Balaban J connectivity index is 4.65. The molecule has 4 atom stereocenters. The molecule has 0 radical (unpaired) electrons. The first kappa shape index (κ1) is 15.0. The Morgan fingerprint density at radius 3 is 2.38 bits per heavy atom. The van der Waals surface area contributed by atoms with Crippen LogP contribution in [0.4, 0.5) is 0 Å². The third kappa shape index (κ3) is 4.23. The number of methoxy groups -OCH3 is 1. The predicted molar refractivity (Wildman–Crippen MR) is 53.6 cm³/mol. The van der Waals surface area contributed by atoms with Crippen LogP contribution >= 0.6 is 0 Å². The topological polar surface area (TPSA) is 116 Å². The highest BCUT2D eigenvalue weighted by molar-refractivity contribution is 5.77. The highest BCUT2D eigenvalue weighted by Crippen LogP contribution is 2.07. The molecule has 1 amide bonds. The molecule has 0 aromatic heterocycles. The molecule has 0 saturated heterocycles. The van der Waals surface area contributed by atoms with Gasteiger partial charge in [0.2, 0.25) is 5.91 Å². The normalized spacial score (nSPS) is 18.3. The van der Waals surface area contributed by atoms with Gasteiger partial charge in [-0.1, -0.05) is 0 Å². The fourth-order valence-electron chi connectivity index (χ4n) is 1.25. The summed E-state index contributed by atoms with van der Waals surface area (Å²) >= 11 is 0. The largest absolute Gasteiger partial charge is 0.394 e. The van der Waals surface area contributed by atoms with Gasteiger partial charge < -0.3 is 30.2 Å². The first-order chi connectivity index (χ1) is 7.47. The fourth-order valence-corrected chi connectivity index (χ4v) is 1.25. The lowest BCUT2D eigenvalue weighted by atomic mass is 10.0. The highest BCUT2D eigenvalue weighted by Gasteiger charge is 2.33. The summed E-state index contributed by atoms with van der Waals surface area (Å²) in [5.41, 5.74) is 0. The zero-order chi connectivity index (χ0) is 12.7. The molecule has 0 aromatic rings. The number of hydrogen-bond donors (Lipinski definition) is 4. The number of nitrogens with one attached hydrogen (secondary N) is 1. The van der Waals surface area contributed by atoms with Crippen molar-refractivity contribution in [1.29, 1.82) is 0 Å². The zero-order valence-electron chi connectivity index (χ0n) is 9.16. The summed E-state index contributed by atoms with van der Waals surface area (Å²) in [5, 5.41) is 29.6. The highest BCUT2D eigenvalue weighted by atomic mass is 16.5. The Bertz CT molecular complexity index is 234. The van der Waals surface area contributed by atoms with Gasteiger partial charge in [-0.2, -0.15) is 0 Å². The van der Waals surface area contributed by atoms with Crippen molar-refractivity contribution in [2.45, 2.75) is 31.3 Å². The van der Waals surface area contributed by atoms with Gasteiger partial charge in [0.25, 0.3) is 0 Å². The van der Waals surface area contributed by atoms with Crippen LogP contribution in [0.1, 0.15) is 6.92 Å². The van der Waals surface area contributed by atoms with Crippen molar-refractivity contribution in [2.75, 3.05) is 13.7 Å². The maximum atomic E-state index is 10.8. The van der Waals surface area contributed by atoms with Crippen LogP contribution in [0.25, 0.3) is 0 Å². The van der Waals surface area contributed by atoms with Crippen molar-refractivity contribution in [2.24, 2.45) is 0 Å². The SMILES string of the molecule is CO[C@@H]([C@@H](O)[C@H](O)CO)[C@H](C=O)NC(C)=O. The number of amides is 1. The van der Waals surface area contributed by atoms with Gasteiger partial charge in [0.1, 0.15) is 30.6 Å². The molecule has 0 aromatic carbocycles. The number of aldehydes is 1. The van der Waals surface area contributed by atoms with Gasteiger partial charge in [-0.05, 0) is 0 Å².